The maximum atomic E-state index is 11.7. The van der Waals surface area contributed by atoms with E-state index >= 15 is 0 Å². The molecule has 4 rings (SSSR count). The second-order valence-electron chi connectivity index (χ2n) is 7.97. The van der Waals surface area contributed by atoms with Crippen molar-refractivity contribution in [1.82, 2.24) is 0 Å². The van der Waals surface area contributed by atoms with Gasteiger partial charge in [-0.25, -0.2) is 0 Å². The van der Waals surface area contributed by atoms with Crippen LogP contribution in [0, 0.1) is 20.8 Å². The van der Waals surface area contributed by atoms with Crippen LogP contribution in [-0.4, -0.2) is 5.91 Å². The van der Waals surface area contributed by atoms with Crippen molar-refractivity contribution in [2.75, 3.05) is 11.1 Å². The highest BCUT2D eigenvalue weighted by Gasteiger charge is 2.17. The van der Waals surface area contributed by atoms with Crippen LogP contribution in [0.15, 0.2) is 66.7 Å². The molecule has 156 valence electrons. The number of hydrogen-bond acceptors (Lipinski definition) is 3. The minimum absolute atomic E-state index is 0.124. The summed E-state index contributed by atoms with van der Waals surface area (Å²) in [6, 6.07) is 22.1. The summed E-state index contributed by atoms with van der Waals surface area (Å²) in [5.41, 5.74) is 12.7. The van der Waals surface area contributed by atoms with Gasteiger partial charge >= 0.3 is 0 Å². The van der Waals surface area contributed by atoms with E-state index in [4.69, 9.17) is 10.5 Å². The fraction of sp³-hybridized carbons (Fsp3) is 0.148. The Morgan fingerprint density at radius 2 is 1.61 bits per heavy atom. The van der Waals surface area contributed by atoms with Gasteiger partial charge in [0.15, 0.2) is 0 Å². The molecule has 0 aliphatic heterocycles. The Kier molecular flexibility index (Phi) is 5.38. The lowest BCUT2D eigenvalue weighted by Gasteiger charge is -2.19. The van der Waals surface area contributed by atoms with Gasteiger partial charge in [-0.2, -0.15) is 0 Å². The quantitative estimate of drug-likeness (QED) is 0.365. The molecule has 0 saturated heterocycles. The molecule has 0 aromatic heterocycles. The number of carbonyl (C=O) groups excluding carboxylic acids is 1. The molecule has 0 radical (unpaired) electrons. The molecule has 3 N–H and O–H groups in total. The average Bonchev–Trinajstić information content (AvgIpc) is 2.72. The zero-order valence-electron chi connectivity index (χ0n) is 18.2. The number of ether oxygens (including phenoxy) is 1. The van der Waals surface area contributed by atoms with Crippen molar-refractivity contribution in [2.45, 2.75) is 27.7 Å². The Morgan fingerprint density at radius 1 is 0.871 bits per heavy atom. The molecule has 0 aliphatic carbocycles. The Hall–Kier alpha value is -3.79. The zero-order valence-corrected chi connectivity index (χ0v) is 18.2. The van der Waals surface area contributed by atoms with Gasteiger partial charge in [-0.05, 0) is 61.5 Å². The maximum Gasteiger partial charge on any atom is 0.221 e. The van der Waals surface area contributed by atoms with E-state index in [-0.39, 0.29) is 5.91 Å². The molecule has 31 heavy (non-hydrogen) atoms. The molecule has 0 atom stereocenters. The summed E-state index contributed by atoms with van der Waals surface area (Å²) in [5.74, 6) is 1.38. The van der Waals surface area contributed by atoms with Crippen molar-refractivity contribution in [2.24, 2.45) is 0 Å². The summed E-state index contributed by atoms with van der Waals surface area (Å²) in [5, 5.41) is 5.04. The van der Waals surface area contributed by atoms with E-state index in [9.17, 15) is 4.79 Å². The number of nitrogen functional groups attached to an aromatic ring is 1. The summed E-state index contributed by atoms with van der Waals surface area (Å²) in [6.07, 6.45) is 0. The van der Waals surface area contributed by atoms with Gasteiger partial charge in [0.2, 0.25) is 5.91 Å². The predicted octanol–water partition coefficient (Wildman–Crippen LogP) is 6.76. The smallest absolute Gasteiger partial charge is 0.221 e. The minimum atomic E-state index is -0.124. The maximum absolute atomic E-state index is 11.7. The second-order valence-corrected chi connectivity index (χ2v) is 7.97. The van der Waals surface area contributed by atoms with E-state index in [1.165, 1.54) is 6.92 Å². The van der Waals surface area contributed by atoms with Crippen LogP contribution >= 0.6 is 0 Å². The first kappa shape index (κ1) is 20.5. The van der Waals surface area contributed by atoms with Gasteiger partial charge in [-0.3, -0.25) is 4.79 Å². The molecular weight excluding hydrogens is 384 g/mol. The summed E-state index contributed by atoms with van der Waals surface area (Å²) in [4.78, 5) is 11.7. The van der Waals surface area contributed by atoms with Gasteiger partial charge in [0.25, 0.3) is 0 Å². The van der Waals surface area contributed by atoms with Crippen LogP contribution in [0.4, 0.5) is 11.4 Å². The summed E-state index contributed by atoms with van der Waals surface area (Å²) in [7, 11) is 0. The highest BCUT2D eigenvalue weighted by atomic mass is 16.5. The monoisotopic (exact) mass is 410 g/mol. The van der Waals surface area contributed by atoms with E-state index in [0.29, 0.717) is 11.4 Å². The number of nitrogens with two attached hydrogens (primary N) is 1. The van der Waals surface area contributed by atoms with Crippen molar-refractivity contribution in [3.63, 3.8) is 0 Å². The van der Waals surface area contributed by atoms with Gasteiger partial charge in [-0.15, -0.1) is 0 Å². The van der Waals surface area contributed by atoms with Crippen LogP contribution in [-0.2, 0) is 4.79 Å². The molecule has 4 aromatic rings. The molecule has 0 unspecified atom stereocenters. The van der Waals surface area contributed by atoms with Crippen LogP contribution in [0.1, 0.15) is 23.6 Å². The number of rotatable bonds is 4. The fourth-order valence-electron chi connectivity index (χ4n) is 3.98. The van der Waals surface area contributed by atoms with E-state index in [2.05, 4.69) is 35.6 Å². The molecule has 0 heterocycles. The third-order valence-electron chi connectivity index (χ3n) is 5.38. The van der Waals surface area contributed by atoms with Gasteiger partial charge in [0.1, 0.15) is 11.5 Å². The zero-order chi connectivity index (χ0) is 22.1. The number of hydrogen-bond donors (Lipinski definition) is 2. The summed E-state index contributed by atoms with van der Waals surface area (Å²) >= 11 is 0. The van der Waals surface area contributed by atoms with E-state index in [1.54, 1.807) is 0 Å². The third-order valence-corrected chi connectivity index (χ3v) is 5.38. The molecule has 1 amide bonds. The van der Waals surface area contributed by atoms with Crippen molar-refractivity contribution in [3.05, 3.63) is 83.4 Å². The fourth-order valence-corrected chi connectivity index (χ4v) is 3.98. The molecule has 4 heteroatoms. The SMILES string of the molecule is CC(=O)Nc1cc(C)c(Oc2cccc3ccccc23)c(-c2cc(C)cc(C)c2N)c1. The molecule has 0 bridgehead atoms. The van der Waals surface area contributed by atoms with Crippen molar-refractivity contribution < 1.29 is 9.53 Å². The van der Waals surface area contributed by atoms with E-state index < -0.39 is 0 Å². The molecule has 0 aliphatic rings. The first-order chi connectivity index (χ1) is 14.8. The largest absolute Gasteiger partial charge is 0.456 e. The molecule has 4 nitrogen and oxygen atoms in total. The summed E-state index contributed by atoms with van der Waals surface area (Å²) in [6.45, 7) is 7.53. The molecule has 0 saturated carbocycles. The Bertz CT molecular complexity index is 1300. The number of carbonyl (C=O) groups is 1. The normalized spacial score (nSPS) is 10.8. The highest BCUT2D eigenvalue weighted by Crippen LogP contribution is 2.43. The van der Waals surface area contributed by atoms with Gasteiger partial charge < -0.3 is 15.8 Å². The van der Waals surface area contributed by atoms with Gasteiger partial charge in [0.05, 0.1) is 0 Å². The van der Waals surface area contributed by atoms with Crippen LogP contribution in [0.5, 0.6) is 11.5 Å². The molecule has 0 fully saturated rings. The van der Waals surface area contributed by atoms with Crippen molar-refractivity contribution in [3.8, 4) is 22.6 Å². The number of amides is 1. The highest BCUT2D eigenvalue weighted by molar-refractivity contribution is 5.93. The average molecular weight is 411 g/mol. The minimum Gasteiger partial charge on any atom is -0.456 e. The number of aryl methyl sites for hydroxylation is 3. The first-order valence-electron chi connectivity index (χ1n) is 10.3. The standard InChI is InChI=1S/C27H26N2O2/c1-16-12-17(2)26(28)23(13-16)24-15-21(29-19(4)30)14-18(3)27(24)31-25-11-7-9-20-8-5-6-10-22(20)25/h5-15H,28H2,1-4H3,(H,29,30). The number of benzene rings is 4. The third kappa shape index (κ3) is 4.10. The molecule has 4 aromatic carbocycles. The lowest BCUT2D eigenvalue weighted by molar-refractivity contribution is -0.114. The number of anilines is 2. The number of fused-ring (bicyclic) bond motifs is 1. The Labute approximate surface area is 182 Å². The number of nitrogens with one attached hydrogen (secondary N) is 1. The van der Waals surface area contributed by atoms with Crippen LogP contribution < -0.4 is 15.8 Å². The molecule has 0 spiro atoms. The first-order valence-corrected chi connectivity index (χ1v) is 10.3. The van der Waals surface area contributed by atoms with E-state index in [1.807, 2.05) is 57.2 Å². The lowest BCUT2D eigenvalue weighted by Crippen LogP contribution is -2.07. The lowest BCUT2D eigenvalue weighted by atomic mass is 9.95. The Balaban J connectivity index is 1.94. The van der Waals surface area contributed by atoms with Crippen molar-refractivity contribution >= 4 is 28.1 Å². The van der Waals surface area contributed by atoms with Crippen LogP contribution in [0.3, 0.4) is 0 Å². The van der Waals surface area contributed by atoms with Gasteiger partial charge in [0, 0.05) is 34.8 Å². The second kappa shape index (κ2) is 8.15. The predicted molar refractivity (Wildman–Crippen MR) is 129 cm³/mol. The van der Waals surface area contributed by atoms with E-state index in [0.717, 1.165) is 50.1 Å². The van der Waals surface area contributed by atoms with Gasteiger partial charge in [-0.1, -0.05) is 48.0 Å². The van der Waals surface area contributed by atoms with Crippen LogP contribution in [0.2, 0.25) is 0 Å². The van der Waals surface area contributed by atoms with Crippen LogP contribution in [0.25, 0.3) is 21.9 Å². The Morgan fingerprint density at radius 3 is 2.39 bits per heavy atom. The topological polar surface area (TPSA) is 64.3 Å². The summed E-state index contributed by atoms with van der Waals surface area (Å²) < 4.78 is 6.53. The van der Waals surface area contributed by atoms with Crippen molar-refractivity contribution in [1.29, 1.82) is 0 Å². The molecular formula is C27H26N2O2.